The second-order valence-electron chi connectivity index (χ2n) is 6.24. The summed E-state index contributed by atoms with van der Waals surface area (Å²) in [5.41, 5.74) is 8.15. The summed E-state index contributed by atoms with van der Waals surface area (Å²) < 4.78 is 7.42. The highest BCUT2D eigenvalue weighted by Gasteiger charge is 2.20. The zero-order chi connectivity index (χ0) is 15.6. The Morgan fingerprint density at radius 2 is 2.05 bits per heavy atom. The molecule has 2 N–H and O–H groups in total. The molecule has 0 radical (unpaired) electrons. The predicted octanol–water partition coefficient (Wildman–Crippen LogP) is 2.78. The molecule has 0 bridgehead atoms. The van der Waals surface area contributed by atoms with E-state index < -0.39 is 0 Å². The van der Waals surface area contributed by atoms with Crippen LogP contribution < -0.4 is 10.5 Å². The van der Waals surface area contributed by atoms with Gasteiger partial charge in [-0.15, -0.1) is 0 Å². The van der Waals surface area contributed by atoms with Gasteiger partial charge in [0.25, 0.3) is 0 Å². The van der Waals surface area contributed by atoms with Crippen molar-refractivity contribution in [1.82, 2.24) is 14.5 Å². The van der Waals surface area contributed by atoms with Crippen molar-refractivity contribution >= 4 is 17.0 Å². The summed E-state index contributed by atoms with van der Waals surface area (Å²) in [4.78, 5) is 6.70. The van der Waals surface area contributed by atoms with Gasteiger partial charge in [0.05, 0.1) is 24.2 Å². The lowest BCUT2D eigenvalue weighted by atomic mass is 10.0. The van der Waals surface area contributed by atoms with Crippen molar-refractivity contribution in [3.8, 4) is 5.75 Å². The van der Waals surface area contributed by atoms with Crippen LogP contribution in [0.25, 0.3) is 11.0 Å². The van der Waals surface area contributed by atoms with Crippen LogP contribution in [0, 0.1) is 5.92 Å². The third-order valence-electron chi connectivity index (χ3n) is 3.61. The van der Waals surface area contributed by atoms with Crippen LogP contribution in [0.2, 0.25) is 0 Å². The quantitative estimate of drug-likeness (QED) is 0.889. The molecular formula is C16H26N4O. The Labute approximate surface area is 126 Å². The molecular weight excluding hydrogens is 264 g/mol. The zero-order valence-electron chi connectivity index (χ0n) is 13.6. The molecule has 0 aliphatic rings. The van der Waals surface area contributed by atoms with Crippen LogP contribution in [-0.4, -0.2) is 42.2 Å². The maximum Gasteiger partial charge on any atom is 0.201 e. The minimum Gasteiger partial charge on any atom is -0.497 e. The van der Waals surface area contributed by atoms with Crippen molar-refractivity contribution in [1.29, 1.82) is 0 Å². The molecule has 2 rings (SSSR count). The van der Waals surface area contributed by atoms with Crippen molar-refractivity contribution in [2.24, 2.45) is 5.92 Å². The van der Waals surface area contributed by atoms with Gasteiger partial charge >= 0.3 is 0 Å². The summed E-state index contributed by atoms with van der Waals surface area (Å²) in [6, 6.07) is 6.26. The van der Waals surface area contributed by atoms with Crippen LogP contribution in [0.4, 0.5) is 5.95 Å². The number of nitrogens with zero attached hydrogens (tertiary/aromatic N) is 3. The first-order valence-electron chi connectivity index (χ1n) is 7.38. The molecule has 1 aromatic heterocycles. The van der Waals surface area contributed by atoms with E-state index in [0.717, 1.165) is 29.7 Å². The van der Waals surface area contributed by atoms with Gasteiger partial charge in [-0.3, -0.25) is 0 Å². The average Bonchev–Trinajstić information content (AvgIpc) is 2.71. The van der Waals surface area contributed by atoms with E-state index in [9.17, 15) is 0 Å². The minimum absolute atomic E-state index is 0.318. The Kier molecular flexibility index (Phi) is 4.73. The highest BCUT2D eigenvalue weighted by molar-refractivity contribution is 5.80. The summed E-state index contributed by atoms with van der Waals surface area (Å²) in [5.74, 6) is 1.98. The number of likely N-dealkylation sites (N-methyl/N-ethyl adjacent to an activating group) is 1. The average molecular weight is 290 g/mol. The van der Waals surface area contributed by atoms with Crippen molar-refractivity contribution in [3.05, 3.63) is 18.2 Å². The molecule has 0 aliphatic heterocycles. The number of imidazole rings is 1. The summed E-state index contributed by atoms with van der Waals surface area (Å²) in [7, 11) is 5.84. The van der Waals surface area contributed by atoms with E-state index in [1.54, 1.807) is 7.11 Å². The Hall–Kier alpha value is -1.75. The van der Waals surface area contributed by atoms with Crippen LogP contribution in [0.3, 0.4) is 0 Å². The third-order valence-corrected chi connectivity index (χ3v) is 3.61. The molecule has 0 spiro atoms. The number of rotatable bonds is 6. The largest absolute Gasteiger partial charge is 0.497 e. The number of hydrogen-bond acceptors (Lipinski definition) is 4. The molecule has 1 unspecified atom stereocenters. The Balaban J connectivity index is 2.48. The number of fused-ring (bicyclic) bond motifs is 1. The van der Waals surface area contributed by atoms with E-state index in [1.807, 2.05) is 18.2 Å². The van der Waals surface area contributed by atoms with Gasteiger partial charge in [-0.1, -0.05) is 13.8 Å². The van der Waals surface area contributed by atoms with Gasteiger partial charge < -0.3 is 19.9 Å². The molecule has 5 nitrogen and oxygen atoms in total. The van der Waals surface area contributed by atoms with Gasteiger partial charge in [-0.2, -0.15) is 0 Å². The number of benzene rings is 1. The molecule has 0 aliphatic carbocycles. The van der Waals surface area contributed by atoms with Crippen LogP contribution in [-0.2, 0) is 0 Å². The fourth-order valence-electron chi connectivity index (χ4n) is 2.84. The molecule has 0 saturated heterocycles. The van der Waals surface area contributed by atoms with Crippen LogP contribution in [0.1, 0.15) is 26.3 Å². The lowest BCUT2D eigenvalue weighted by molar-refractivity contribution is 0.294. The van der Waals surface area contributed by atoms with Gasteiger partial charge in [0.2, 0.25) is 5.95 Å². The number of methoxy groups -OCH3 is 1. The van der Waals surface area contributed by atoms with E-state index >= 15 is 0 Å². The zero-order valence-corrected chi connectivity index (χ0v) is 13.6. The molecule has 2 aromatic rings. The fraction of sp³-hybridized carbons (Fsp3) is 0.562. The van der Waals surface area contributed by atoms with E-state index in [4.69, 9.17) is 10.5 Å². The number of ether oxygens (including phenoxy) is 1. The van der Waals surface area contributed by atoms with Crippen molar-refractivity contribution < 1.29 is 4.74 Å². The minimum atomic E-state index is 0.318. The normalized spacial score (nSPS) is 13.3. The molecule has 0 fully saturated rings. The molecule has 1 atom stereocenters. The Bertz CT molecular complexity index is 594. The SMILES string of the molecule is COc1ccc2c(c1)nc(N)n2C(CC(C)C)CN(C)C. The lowest BCUT2D eigenvalue weighted by Gasteiger charge is -2.25. The van der Waals surface area contributed by atoms with E-state index in [0.29, 0.717) is 17.9 Å². The predicted molar refractivity (Wildman–Crippen MR) is 87.7 cm³/mol. The first-order valence-corrected chi connectivity index (χ1v) is 7.38. The number of anilines is 1. The smallest absolute Gasteiger partial charge is 0.201 e. The summed E-state index contributed by atoms with van der Waals surface area (Å²) in [5, 5.41) is 0. The van der Waals surface area contributed by atoms with Crippen molar-refractivity contribution in [3.63, 3.8) is 0 Å². The molecule has 21 heavy (non-hydrogen) atoms. The molecule has 0 amide bonds. The highest BCUT2D eigenvalue weighted by atomic mass is 16.5. The van der Waals surface area contributed by atoms with Crippen molar-refractivity contribution in [2.75, 3.05) is 33.5 Å². The van der Waals surface area contributed by atoms with Crippen molar-refractivity contribution in [2.45, 2.75) is 26.3 Å². The number of hydrogen-bond donors (Lipinski definition) is 1. The van der Waals surface area contributed by atoms with Gasteiger partial charge in [-0.25, -0.2) is 4.98 Å². The van der Waals surface area contributed by atoms with Gasteiger partial charge in [-0.05, 0) is 38.6 Å². The standard InChI is InChI=1S/C16H26N4O/c1-11(2)8-12(10-19(3)4)20-15-7-6-13(21-5)9-14(15)18-16(20)17/h6-7,9,11-12H,8,10H2,1-5H3,(H2,17,18). The highest BCUT2D eigenvalue weighted by Crippen LogP contribution is 2.29. The van der Waals surface area contributed by atoms with Crippen LogP contribution in [0.15, 0.2) is 18.2 Å². The number of nitrogen functional groups attached to an aromatic ring is 1. The molecule has 0 saturated carbocycles. The van der Waals surface area contributed by atoms with E-state index in [-0.39, 0.29) is 0 Å². The summed E-state index contributed by atoms with van der Waals surface area (Å²) in [6.45, 7) is 5.42. The Morgan fingerprint density at radius 3 is 2.62 bits per heavy atom. The van der Waals surface area contributed by atoms with Gasteiger partial charge in [0.15, 0.2) is 0 Å². The molecule has 1 aromatic carbocycles. The first-order chi connectivity index (χ1) is 9.92. The number of nitrogens with two attached hydrogens (primary N) is 1. The topological polar surface area (TPSA) is 56.3 Å². The maximum atomic E-state index is 6.19. The monoisotopic (exact) mass is 290 g/mol. The second kappa shape index (κ2) is 6.35. The number of aromatic nitrogens is 2. The maximum absolute atomic E-state index is 6.19. The van der Waals surface area contributed by atoms with E-state index in [1.165, 1.54) is 0 Å². The molecule has 116 valence electrons. The summed E-state index contributed by atoms with van der Waals surface area (Å²) in [6.07, 6.45) is 1.07. The van der Waals surface area contributed by atoms with Gasteiger partial charge in [0.1, 0.15) is 5.75 Å². The molecule has 1 heterocycles. The van der Waals surface area contributed by atoms with E-state index in [2.05, 4.69) is 42.4 Å². The fourth-order valence-corrected chi connectivity index (χ4v) is 2.84. The van der Waals surface area contributed by atoms with Gasteiger partial charge in [0, 0.05) is 12.6 Å². The lowest BCUT2D eigenvalue weighted by Crippen LogP contribution is -2.26. The first kappa shape index (κ1) is 15.6. The third kappa shape index (κ3) is 3.47. The summed E-state index contributed by atoms with van der Waals surface area (Å²) >= 11 is 0. The second-order valence-corrected chi connectivity index (χ2v) is 6.24. The Morgan fingerprint density at radius 1 is 1.33 bits per heavy atom. The molecule has 5 heteroatoms. The van der Waals surface area contributed by atoms with Crippen LogP contribution in [0.5, 0.6) is 5.75 Å². The van der Waals surface area contributed by atoms with Crippen LogP contribution >= 0.6 is 0 Å².